The second-order valence-corrected chi connectivity index (χ2v) is 13.5. The molecule has 1 heterocycles. The van der Waals surface area contributed by atoms with E-state index in [0.717, 1.165) is 6.42 Å². The molecule has 1 aliphatic carbocycles. The molecule has 0 saturated heterocycles. The van der Waals surface area contributed by atoms with E-state index in [2.05, 4.69) is 168 Å². The Morgan fingerprint density at radius 3 is 1.63 bits per heavy atom. The van der Waals surface area contributed by atoms with Crippen LogP contribution >= 0.6 is 0 Å². The van der Waals surface area contributed by atoms with E-state index in [1.54, 1.807) is 0 Å². The van der Waals surface area contributed by atoms with Crippen molar-refractivity contribution in [2.24, 2.45) is 0 Å². The van der Waals surface area contributed by atoms with Crippen LogP contribution < -0.4 is 0 Å². The van der Waals surface area contributed by atoms with Gasteiger partial charge in [-0.05, 0) is 122 Å². The van der Waals surface area contributed by atoms with Crippen molar-refractivity contribution in [1.82, 2.24) is 4.57 Å². The number of para-hydroxylation sites is 1. The summed E-state index contributed by atoms with van der Waals surface area (Å²) in [4.78, 5) is 0. The van der Waals surface area contributed by atoms with Gasteiger partial charge < -0.3 is 4.57 Å². The third kappa shape index (κ3) is 4.46. The predicted molar refractivity (Wildman–Crippen MR) is 209 cm³/mol. The Labute approximate surface area is 286 Å². The van der Waals surface area contributed by atoms with Crippen molar-refractivity contribution < 1.29 is 0 Å². The summed E-state index contributed by atoms with van der Waals surface area (Å²) in [7, 11) is 0. The first-order valence-corrected chi connectivity index (χ1v) is 17.6. The van der Waals surface area contributed by atoms with E-state index in [-0.39, 0.29) is 0 Å². The molecule has 1 heteroatoms. The van der Waals surface area contributed by atoms with Gasteiger partial charge in [-0.1, -0.05) is 133 Å². The summed E-state index contributed by atoms with van der Waals surface area (Å²) in [6.45, 7) is 0. The van der Waals surface area contributed by atoms with E-state index < -0.39 is 0 Å². The van der Waals surface area contributed by atoms with Gasteiger partial charge in [0.2, 0.25) is 0 Å². The molecule has 0 bridgehead atoms. The third-order valence-electron chi connectivity index (χ3n) is 10.8. The van der Waals surface area contributed by atoms with Crippen LogP contribution in [0.4, 0.5) is 0 Å². The van der Waals surface area contributed by atoms with E-state index >= 15 is 0 Å². The van der Waals surface area contributed by atoms with E-state index in [1.807, 2.05) is 0 Å². The fraction of sp³-hybridized carbons (Fsp3) is 0.0833. The lowest BCUT2D eigenvalue weighted by atomic mass is 9.85. The molecule has 0 N–H and O–H groups in total. The minimum absolute atomic E-state index is 1.15. The zero-order valence-corrected chi connectivity index (χ0v) is 27.4. The molecule has 0 amide bonds. The van der Waals surface area contributed by atoms with Crippen molar-refractivity contribution in [3.8, 4) is 39.1 Å². The van der Waals surface area contributed by atoms with Crippen LogP contribution in [0.3, 0.4) is 0 Å². The highest BCUT2D eigenvalue weighted by atomic mass is 15.0. The van der Waals surface area contributed by atoms with Crippen LogP contribution in [0.25, 0.3) is 82.4 Å². The summed E-state index contributed by atoms with van der Waals surface area (Å²) < 4.78 is 2.52. The summed E-state index contributed by atoms with van der Waals surface area (Å²) in [5.41, 5.74) is 14.5. The Morgan fingerprint density at radius 1 is 0.347 bits per heavy atom. The lowest BCUT2D eigenvalue weighted by Crippen LogP contribution is -2.08. The van der Waals surface area contributed by atoms with Crippen molar-refractivity contribution in [2.75, 3.05) is 0 Å². The van der Waals surface area contributed by atoms with Gasteiger partial charge in [-0.3, -0.25) is 0 Å². The Bertz CT molecular complexity index is 2700. The molecule has 1 nitrogen and oxygen atoms in total. The minimum atomic E-state index is 1.15. The molecule has 0 aliphatic heterocycles. The highest BCUT2D eigenvalue weighted by molar-refractivity contribution is 6.22. The number of fused-ring (bicyclic) bond motifs is 6. The fourth-order valence-electron chi connectivity index (χ4n) is 8.57. The summed E-state index contributed by atoms with van der Waals surface area (Å²) in [6.07, 6.45) is 4.88. The SMILES string of the molecule is c1ccc(-c2c3ccccc3c(-c3ccccc3)c3cc(-c4ccc5c(c4)c4ccccc4n5-c4cccc5c4CCCC5)ccc23)cc1. The second kappa shape index (κ2) is 11.4. The minimum Gasteiger partial charge on any atom is -0.309 e. The average molecular weight is 626 g/mol. The van der Waals surface area contributed by atoms with Gasteiger partial charge in [0, 0.05) is 16.5 Å². The molecule has 0 spiro atoms. The number of aryl methyl sites for hydroxylation is 1. The van der Waals surface area contributed by atoms with Crippen LogP contribution in [0.2, 0.25) is 0 Å². The smallest absolute Gasteiger partial charge is 0.0541 e. The molecule has 0 unspecified atom stereocenters. The van der Waals surface area contributed by atoms with E-state index in [0.29, 0.717) is 0 Å². The number of aromatic nitrogens is 1. The highest BCUT2D eigenvalue weighted by Crippen LogP contribution is 2.45. The van der Waals surface area contributed by atoms with Gasteiger partial charge in [0.15, 0.2) is 0 Å². The molecule has 10 rings (SSSR count). The van der Waals surface area contributed by atoms with Crippen LogP contribution in [0.1, 0.15) is 24.0 Å². The zero-order valence-electron chi connectivity index (χ0n) is 27.4. The number of hydrogen-bond acceptors (Lipinski definition) is 0. The third-order valence-corrected chi connectivity index (χ3v) is 10.8. The summed E-state index contributed by atoms with van der Waals surface area (Å²) >= 11 is 0. The molecule has 8 aromatic carbocycles. The molecule has 232 valence electrons. The van der Waals surface area contributed by atoms with Crippen LogP contribution in [-0.2, 0) is 12.8 Å². The largest absolute Gasteiger partial charge is 0.309 e. The lowest BCUT2D eigenvalue weighted by molar-refractivity contribution is 0.682. The van der Waals surface area contributed by atoms with Crippen LogP contribution in [0.5, 0.6) is 0 Å². The number of rotatable bonds is 4. The molecule has 1 aromatic heterocycles. The summed E-state index contributed by atoms with van der Waals surface area (Å²) in [5, 5.41) is 7.72. The van der Waals surface area contributed by atoms with Crippen molar-refractivity contribution in [3.05, 3.63) is 175 Å². The first-order valence-electron chi connectivity index (χ1n) is 17.6. The van der Waals surface area contributed by atoms with Crippen LogP contribution in [-0.4, -0.2) is 4.57 Å². The van der Waals surface area contributed by atoms with Gasteiger partial charge in [-0.2, -0.15) is 0 Å². The van der Waals surface area contributed by atoms with Gasteiger partial charge in [0.05, 0.1) is 11.0 Å². The van der Waals surface area contributed by atoms with Crippen LogP contribution in [0.15, 0.2) is 164 Å². The van der Waals surface area contributed by atoms with Crippen molar-refractivity contribution in [3.63, 3.8) is 0 Å². The molecule has 49 heavy (non-hydrogen) atoms. The van der Waals surface area contributed by atoms with Crippen molar-refractivity contribution in [1.29, 1.82) is 0 Å². The fourth-order valence-corrected chi connectivity index (χ4v) is 8.57. The molecule has 1 aliphatic rings. The average Bonchev–Trinajstić information content (AvgIpc) is 3.50. The molecule has 0 fully saturated rings. The maximum absolute atomic E-state index is 2.52. The zero-order chi connectivity index (χ0) is 32.3. The predicted octanol–water partition coefficient (Wildman–Crippen LogP) is 13.0. The topological polar surface area (TPSA) is 4.93 Å². The maximum Gasteiger partial charge on any atom is 0.0541 e. The van der Waals surface area contributed by atoms with E-state index in [4.69, 9.17) is 0 Å². The van der Waals surface area contributed by atoms with Crippen molar-refractivity contribution >= 4 is 43.4 Å². The Balaban J connectivity index is 1.24. The maximum atomic E-state index is 2.52. The molecular formula is C48H35N. The molecule has 9 aromatic rings. The van der Waals surface area contributed by atoms with Gasteiger partial charge in [0.1, 0.15) is 0 Å². The van der Waals surface area contributed by atoms with Crippen LogP contribution in [0, 0.1) is 0 Å². The monoisotopic (exact) mass is 625 g/mol. The number of nitrogens with zero attached hydrogens (tertiary/aromatic N) is 1. The lowest BCUT2D eigenvalue weighted by Gasteiger charge is -2.21. The Morgan fingerprint density at radius 2 is 0.898 bits per heavy atom. The quantitative estimate of drug-likeness (QED) is 0.172. The number of hydrogen-bond donors (Lipinski definition) is 0. The van der Waals surface area contributed by atoms with E-state index in [1.165, 1.54) is 113 Å². The van der Waals surface area contributed by atoms with Crippen molar-refractivity contribution in [2.45, 2.75) is 25.7 Å². The standard InChI is InChI=1S/C48H35N/c1-3-15-33(16-4-1)47-39-22-9-10-23-40(39)48(34-17-5-2-6-18-34)43-31-35(26-28-41(43)47)36-27-29-46-42(30-36)38-21-11-12-24-45(38)49(46)44-25-13-19-32-14-7-8-20-37(32)44/h1-6,9-13,15-19,21-31H,7-8,14,20H2. The summed E-state index contributed by atoms with van der Waals surface area (Å²) in [5.74, 6) is 0. The molecule has 0 radical (unpaired) electrons. The van der Waals surface area contributed by atoms with Gasteiger partial charge in [-0.15, -0.1) is 0 Å². The Kier molecular flexibility index (Phi) is 6.52. The second-order valence-electron chi connectivity index (χ2n) is 13.5. The number of benzene rings is 8. The Hall–Kier alpha value is -5.92. The first kappa shape index (κ1) is 28.1. The molecule has 0 saturated carbocycles. The highest BCUT2D eigenvalue weighted by Gasteiger charge is 2.20. The van der Waals surface area contributed by atoms with E-state index in [9.17, 15) is 0 Å². The summed E-state index contributed by atoms with van der Waals surface area (Å²) in [6, 6.07) is 60.8. The molecule has 0 atom stereocenters. The van der Waals surface area contributed by atoms with Gasteiger partial charge in [0.25, 0.3) is 0 Å². The molecular weight excluding hydrogens is 591 g/mol. The van der Waals surface area contributed by atoms with Gasteiger partial charge in [-0.25, -0.2) is 0 Å². The normalized spacial score (nSPS) is 13.0. The van der Waals surface area contributed by atoms with Gasteiger partial charge >= 0.3 is 0 Å². The first-order chi connectivity index (χ1) is 24.3.